The number of halogens is 7. The summed E-state index contributed by atoms with van der Waals surface area (Å²) in [7, 11) is 0. The van der Waals surface area contributed by atoms with Gasteiger partial charge in [-0.2, -0.15) is 0 Å². The van der Waals surface area contributed by atoms with Gasteiger partial charge in [0.2, 0.25) is 12.1 Å². The number of nitrogens with zero attached hydrogens (tertiary/aromatic N) is 3. The summed E-state index contributed by atoms with van der Waals surface area (Å²) in [5.74, 6) is -4.27. The first-order chi connectivity index (χ1) is 25.1. The van der Waals surface area contributed by atoms with Gasteiger partial charge >= 0.3 is 0 Å². The number of ether oxygens (including phenoxy) is 3. The van der Waals surface area contributed by atoms with Crippen molar-refractivity contribution in [3.63, 3.8) is 0 Å². The van der Waals surface area contributed by atoms with Gasteiger partial charge in [-0.05, 0) is 67.1 Å². The number of rotatable bonds is 6. The second kappa shape index (κ2) is 18.3. The highest BCUT2D eigenvalue weighted by Gasteiger charge is 2.42. The molecule has 0 spiro atoms. The van der Waals surface area contributed by atoms with E-state index in [1.165, 1.54) is 12.3 Å². The molecule has 53 heavy (non-hydrogen) atoms. The lowest BCUT2D eigenvalue weighted by Crippen LogP contribution is -2.38. The van der Waals surface area contributed by atoms with Crippen LogP contribution in [0.2, 0.25) is 0 Å². The molecule has 0 bridgehead atoms. The molecule has 3 heterocycles. The van der Waals surface area contributed by atoms with Gasteiger partial charge in [0, 0.05) is 57.1 Å². The Balaban J connectivity index is 0.000000178. The number of aliphatic hydroxyl groups excluding tert-OH is 1. The Morgan fingerprint density at radius 3 is 1.47 bits per heavy atom. The molecule has 2 fully saturated rings. The maximum atomic E-state index is 13.6. The minimum Gasteiger partial charge on any atom is -0.486 e. The lowest BCUT2D eigenvalue weighted by Gasteiger charge is -2.29. The third kappa shape index (κ3) is 10.6. The molecule has 3 aromatic carbocycles. The lowest BCUT2D eigenvalue weighted by atomic mass is 9.95. The number of aliphatic hydroxyl groups is 1. The van der Waals surface area contributed by atoms with Gasteiger partial charge < -0.3 is 19.3 Å². The summed E-state index contributed by atoms with van der Waals surface area (Å²) in [6.45, 7) is 0. The van der Waals surface area contributed by atoms with E-state index in [9.17, 15) is 61.8 Å². The van der Waals surface area contributed by atoms with E-state index in [0.717, 1.165) is 54.6 Å². The zero-order chi connectivity index (χ0) is 39.0. The smallest absolute Gasteiger partial charge is 0.257 e. The van der Waals surface area contributed by atoms with Gasteiger partial charge in [-0.1, -0.05) is 11.6 Å². The van der Waals surface area contributed by atoms with Crippen molar-refractivity contribution in [2.75, 3.05) is 0 Å². The number of hydrogen-bond donors (Lipinski definition) is 1. The maximum Gasteiger partial charge on any atom is 0.257 e. The standard InChI is InChI=1S/C11H10ClF2NO3.C11H11F2NO4.C11H9F2NO3/c12-10-4-3-9(15(16)17)11(18-10)7-5-6(13)1-2-8(7)14;12-6-1-2-8(13)7(5-6)11-9(14(16)17)3-4-10(15)18-11;12-7-3-4-9(13)8(6-7)11-10(14(15)16)2-1-5-17-11/h1-2,5,9-11H,3-4H2;1-2,5,9-11,15H,3-4H2;1,3-6,10-11H,2H2/t9?,10-,11+;9?,10?,11-;10?,11-/m011/s1. The van der Waals surface area contributed by atoms with Gasteiger partial charge in [0.1, 0.15) is 40.5 Å². The van der Waals surface area contributed by atoms with Gasteiger partial charge in [0.05, 0.1) is 6.26 Å². The number of nitro groups is 3. The molecule has 0 radical (unpaired) electrons. The monoisotopic (exact) mass is 777 g/mol. The fraction of sp³-hybridized carbons (Fsp3) is 0.394. The van der Waals surface area contributed by atoms with Crippen molar-refractivity contribution in [1.82, 2.24) is 0 Å². The molecule has 2 saturated heterocycles. The molecular formula is C33H30ClF6N3O10. The van der Waals surface area contributed by atoms with Crippen LogP contribution in [0.25, 0.3) is 0 Å². The van der Waals surface area contributed by atoms with Crippen LogP contribution in [0.3, 0.4) is 0 Å². The molecule has 20 heteroatoms. The van der Waals surface area contributed by atoms with Gasteiger partial charge in [0.25, 0.3) is 6.04 Å². The molecule has 4 unspecified atom stereocenters. The van der Waals surface area contributed by atoms with E-state index in [1.54, 1.807) is 0 Å². The van der Waals surface area contributed by atoms with Gasteiger partial charge in [0.15, 0.2) is 24.6 Å². The highest BCUT2D eigenvalue weighted by atomic mass is 35.5. The Morgan fingerprint density at radius 2 is 1.02 bits per heavy atom. The molecule has 0 amide bonds. The zero-order valence-electron chi connectivity index (χ0n) is 27.1. The van der Waals surface area contributed by atoms with Crippen molar-refractivity contribution in [3.8, 4) is 0 Å². The SMILES string of the molecule is O=[N+]([O-])C1CC=CO[C@@H]1c1cc(F)ccc1F.O=[N+]([O-])C1CCC(O)O[C@@H]1c1cc(F)ccc1F.O=[N+]([O-])C1CC[C@@H](Cl)O[C@@H]1c1cc(F)ccc1F. The summed E-state index contributed by atoms with van der Waals surface area (Å²) < 4.78 is 95.1. The van der Waals surface area contributed by atoms with Gasteiger partial charge in [-0.15, -0.1) is 0 Å². The fourth-order valence-electron chi connectivity index (χ4n) is 5.78. The van der Waals surface area contributed by atoms with Crippen molar-refractivity contribution in [2.24, 2.45) is 0 Å². The quantitative estimate of drug-likeness (QED) is 0.115. The molecule has 3 aliphatic heterocycles. The predicted molar refractivity (Wildman–Crippen MR) is 171 cm³/mol. The number of alkyl halides is 1. The summed E-state index contributed by atoms with van der Waals surface area (Å²) in [6.07, 6.45) is -1.22. The van der Waals surface area contributed by atoms with Crippen LogP contribution in [0.15, 0.2) is 66.9 Å². The molecule has 13 nitrogen and oxygen atoms in total. The molecular weight excluding hydrogens is 748 g/mol. The summed E-state index contributed by atoms with van der Waals surface area (Å²) in [6, 6.07) is 4.84. The molecule has 3 aliphatic rings. The summed E-state index contributed by atoms with van der Waals surface area (Å²) in [4.78, 5) is 30.9. The molecule has 3 aromatic rings. The second-order valence-corrected chi connectivity index (χ2v) is 12.3. The normalized spacial score (nSPS) is 26.5. The summed E-state index contributed by atoms with van der Waals surface area (Å²) in [5.41, 5.74) is -1.26. The summed E-state index contributed by atoms with van der Waals surface area (Å²) in [5, 5.41) is 41.9. The molecule has 0 saturated carbocycles. The van der Waals surface area contributed by atoms with Crippen LogP contribution in [0, 0.1) is 65.2 Å². The Hall–Kier alpha value is -4.85. The van der Waals surface area contributed by atoms with Crippen molar-refractivity contribution >= 4 is 11.6 Å². The number of hydrogen-bond acceptors (Lipinski definition) is 10. The van der Waals surface area contributed by atoms with E-state index < -0.39 is 98.0 Å². The Kier molecular flexibility index (Phi) is 14.1. The molecule has 8 atom stereocenters. The van der Waals surface area contributed by atoms with Crippen molar-refractivity contribution in [3.05, 3.63) is 149 Å². The summed E-state index contributed by atoms with van der Waals surface area (Å²) >= 11 is 5.76. The van der Waals surface area contributed by atoms with Crippen molar-refractivity contribution in [1.29, 1.82) is 0 Å². The minimum absolute atomic E-state index is 0.0504. The van der Waals surface area contributed by atoms with Crippen LogP contribution in [-0.4, -0.2) is 49.9 Å². The first-order valence-corrected chi connectivity index (χ1v) is 16.2. The topological polar surface area (TPSA) is 177 Å². The molecule has 1 N–H and O–H groups in total. The van der Waals surface area contributed by atoms with E-state index in [0.29, 0.717) is 6.42 Å². The van der Waals surface area contributed by atoms with Crippen molar-refractivity contribution in [2.45, 2.75) is 80.4 Å². The van der Waals surface area contributed by atoms with Gasteiger partial charge in [-0.3, -0.25) is 30.3 Å². The Bertz CT molecular complexity index is 1740. The van der Waals surface area contributed by atoms with Crippen LogP contribution in [0.1, 0.15) is 67.1 Å². The van der Waals surface area contributed by atoms with Crippen molar-refractivity contribution < 1.29 is 60.4 Å². The van der Waals surface area contributed by atoms with E-state index >= 15 is 0 Å². The molecule has 6 rings (SSSR count). The van der Waals surface area contributed by atoms with E-state index in [2.05, 4.69) is 0 Å². The van der Waals surface area contributed by atoms with Crippen LogP contribution in [0.4, 0.5) is 26.3 Å². The van der Waals surface area contributed by atoms with Crippen LogP contribution in [0.5, 0.6) is 0 Å². The van der Waals surface area contributed by atoms with Crippen LogP contribution >= 0.6 is 11.6 Å². The number of benzene rings is 3. The zero-order valence-corrected chi connectivity index (χ0v) is 27.9. The average Bonchev–Trinajstić information content (AvgIpc) is 3.11. The third-order valence-electron chi connectivity index (χ3n) is 8.35. The third-order valence-corrected chi connectivity index (χ3v) is 8.67. The molecule has 0 aliphatic carbocycles. The fourth-order valence-corrected chi connectivity index (χ4v) is 6.02. The molecule has 0 aromatic heterocycles. The second-order valence-electron chi connectivity index (χ2n) is 11.9. The largest absolute Gasteiger partial charge is 0.486 e. The van der Waals surface area contributed by atoms with E-state index in [1.807, 2.05) is 0 Å². The van der Waals surface area contributed by atoms with Crippen LogP contribution < -0.4 is 0 Å². The lowest BCUT2D eigenvalue weighted by molar-refractivity contribution is -0.547. The highest BCUT2D eigenvalue weighted by Crippen LogP contribution is 2.37. The Labute approximate surface area is 301 Å². The average molecular weight is 778 g/mol. The Morgan fingerprint density at radius 1 is 0.604 bits per heavy atom. The van der Waals surface area contributed by atoms with E-state index in [4.69, 9.17) is 25.8 Å². The van der Waals surface area contributed by atoms with Gasteiger partial charge in [-0.25, -0.2) is 26.3 Å². The van der Waals surface area contributed by atoms with Crippen LogP contribution in [-0.2, 0) is 14.2 Å². The predicted octanol–water partition coefficient (Wildman–Crippen LogP) is 7.39. The maximum absolute atomic E-state index is 13.6. The first-order valence-electron chi connectivity index (χ1n) is 15.8. The minimum atomic E-state index is -1.28. The first kappa shape index (κ1) is 40.9. The molecule has 286 valence electrons. The highest BCUT2D eigenvalue weighted by molar-refractivity contribution is 6.19. The van der Waals surface area contributed by atoms with E-state index in [-0.39, 0.29) is 42.4 Å².